The van der Waals surface area contributed by atoms with Gasteiger partial charge in [-0.2, -0.15) is 13.2 Å². The minimum absolute atomic E-state index is 0. The minimum Gasteiger partial charge on any atom is -0.497 e. The summed E-state index contributed by atoms with van der Waals surface area (Å²) in [5.41, 5.74) is 7.65. The molecule has 4 nitrogen and oxygen atoms in total. The van der Waals surface area contributed by atoms with Crippen molar-refractivity contribution in [1.29, 1.82) is 0 Å². The van der Waals surface area contributed by atoms with E-state index in [9.17, 15) is 13.2 Å². The molecular formula is C44H67F3N2O2. The summed E-state index contributed by atoms with van der Waals surface area (Å²) < 4.78 is 49.4. The minimum atomic E-state index is -4.33. The highest BCUT2D eigenvalue weighted by molar-refractivity contribution is 5.44. The van der Waals surface area contributed by atoms with Gasteiger partial charge in [-0.25, -0.2) is 0 Å². The number of ether oxygens (including phenoxy) is 2. The molecule has 1 fully saturated rings. The average Bonchev–Trinajstić information content (AvgIpc) is 3.72. The molecule has 1 aliphatic carbocycles. The second-order valence-corrected chi connectivity index (χ2v) is 17.0. The molecule has 5 rings (SSSR count). The summed E-state index contributed by atoms with van der Waals surface area (Å²) in [5.74, 6) is 1.48. The van der Waals surface area contributed by atoms with Crippen molar-refractivity contribution in [2.75, 3.05) is 40.9 Å². The number of benzene rings is 3. The maximum atomic E-state index is 12.8. The number of nitrogens with one attached hydrogen (secondary N) is 1. The molecule has 0 aromatic heterocycles. The molecular weight excluding hydrogens is 645 g/mol. The largest absolute Gasteiger partial charge is 0.497 e. The van der Waals surface area contributed by atoms with Crippen molar-refractivity contribution >= 4 is 0 Å². The third-order valence-corrected chi connectivity index (χ3v) is 9.37. The van der Waals surface area contributed by atoms with Gasteiger partial charge in [-0.15, -0.1) is 0 Å². The Balaban J connectivity index is 0.000000267. The SMILES string of the molecule is C.CC(C)(C)c1cccc2c1CCC2.CN(C)CCOc1ccc(C(F)(F)F)cc1C(C)(C)C.COc1ccc(C(C)(C)C)c(C2CCCN2)c1. The molecule has 3 aromatic carbocycles. The van der Waals surface area contributed by atoms with Crippen LogP contribution in [0.15, 0.2) is 54.6 Å². The molecule has 1 atom stereocenters. The Kier molecular flexibility index (Phi) is 15.7. The summed E-state index contributed by atoms with van der Waals surface area (Å²) in [7, 11) is 5.57. The summed E-state index contributed by atoms with van der Waals surface area (Å²) in [6, 6.07) is 17.5. The second-order valence-electron chi connectivity index (χ2n) is 17.0. The fourth-order valence-corrected chi connectivity index (χ4v) is 6.67. The molecule has 2 aliphatic rings. The van der Waals surface area contributed by atoms with E-state index in [1.54, 1.807) is 23.8 Å². The number of nitrogens with zero attached hydrogens (tertiary/aromatic N) is 1. The Morgan fingerprint density at radius 2 is 1.41 bits per heavy atom. The van der Waals surface area contributed by atoms with E-state index in [2.05, 4.69) is 83.3 Å². The highest BCUT2D eigenvalue weighted by Gasteiger charge is 2.33. The van der Waals surface area contributed by atoms with Gasteiger partial charge in [0.05, 0.1) is 12.7 Å². The zero-order valence-electron chi connectivity index (χ0n) is 32.8. The van der Waals surface area contributed by atoms with Gasteiger partial charge in [0.15, 0.2) is 0 Å². The number of likely N-dealkylation sites (N-methyl/N-ethyl adjacent to an activating group) is 1. The predicted octanol–water partition coefficient (Wildman–Crippen LogP) is 11.5. The first-order valence-electron chi connectivity index (χ1n) is 18.1. The van der Waals surface area contributed by atoms with Gasteiger partial charge in [-0.1, -0.05) is 94.0 Å². The molecule has 0 saturated carbocycles. The Labute approximate surface area is 308 Å². The fourth-order valence-electron chi connectivity index (χ4n) is 6.67. The van der Waals surface area contributed by atoms with Crippen LogP contribution >= 0.6 is 0 Å². The Morgan fingerprint density at radius 1 is 0.765 bits per heavy atom. The van der Waals surface area contributed by atoms with Crippen LogP contribution in [0, 0.1) is 0 Å². The number of alkyl halides is 3. The Morgan fingerprint density at radius 3 is 1.94 bits per heavy atom. The molecule has 1 saturated heterocycles. The molecule has 0 radical (unpaired) electrons. The summed E-state index contributed by atoms with van der Waals surface area (Å²) in [6.07, 6.45) is 2.11. The van der Waals surface area contributed by atoms with E-state index in [4.69, 9.17) is 9.47 Å². The predicted molar refractivity (Wildman–Crippen MR) is 210 cm³/mol. The Hall–Kier alpha value is -3.03. The standard InChI is InChI=1S/C15H22F3NO.C15H23NO.C13H18.CH4/c1-14(2,3)12-10-11(15(16,17)18)6-7-13(12)20-9-8-19(4)5;1-15(2,3)13-8-7-11(17-4)10-12(13)14-6-5-9-16-14;1-13(2,3)12-9-5-7-10-6-4-8-11(10)12;/h6-7,10H,8-9H2,1-5H3;7-8,10,14,16H,5-6,9H2,1-4H3;5,7,9H,4,6,8H2,1-3H3;1H4. The van der Waals surface area contributed by atoms with E-state index in [1.807, 2.05) is 39.8 Å². The van der Waals surface area contributed by atoms with E-state index in [1.165, 1.54) is 55.4 Å². The van der Waals surface area contributed by atoms with Crippen LogP contribution in [0.1, 0.15) is 134 Å². The molecule has 7 heteroatoms. The molecule has 1 aliphatic heterocycles. The highest BCUT2D eigenvalue weighted by atomic mass is 19.4. The highest BCUT2D eigenvalue weighted by Crippen LogP contribution is 2.38. The number of halogens is 3. The van der Waals surface area contributed by atoms with Crippen molar-refractivity contribution < 1.29 is 22.6 Å². The van der Waals surface area contributed by atoms with Crippen molar-refractivity contribution in [3.05, 3.63) is 93.5 Å². The Bertz CT molecular complexity index is 1520. The maximum Gasteiger partial charge on any atom is 0.416 e. The van der Waals surface area contributed by atoms with Gasteiger partial charge < -0.3 is 19.7 Å². The van der Waals surface area contributed by atoms with E-state index < -0.39 is 17.2 Å². The van der Waals surface area contributed by atoms with Crippen LogP contribution in [0.3, 0.4) is 0 Å². The van der Waals surface area contributed by atoms with E-state index >= 15 is 0 Å². The summed E-state index contributed by atoms with van der Waals surface area (Å²) in [6.45, 7) is 21.7. The lowest BCUT2D eigenvalue weighted by Gasteiger charge is -2.26. The van der Waals surface area contributed by atoms with Gasteiger partial charge in [0, 0.05) is 18.2 Å². The number of hydrogen-bond donors (Lipinski definition) is 1. The zero-order chi connectivity index (χ0) is 37.5. The number of aryl methyl sites for hydroxylation is 1. The molecule has 51 heavy (non-hydrogen) atoms. The molecule has 1 unspecified atom stereocenters. The zero-order valence-corrected chi connectivity index (χ0v) is 32.8. The number of hydrogen-bond acceptors (Lipinski definition) is 4. The molecule has 0 amide bonds. The normalized spacial score (nSPS) is 16.0. The number of fused-ring (bicyclic) bond motifs is 1. The molecule has 0 bridgehead atoms. The van der Waals surface area contributed by atoms with Crippen LogP contribution < -0.4 is 14.8 Å². The van der Waals surface area contributed by atoms with Crippen LogP contribution in [-0.4, -0.2) is 45.8 Å². The van der Waals surface area contributed by atoms with Gasteiger partial charge in [-0.05, 0) is 127 Å². The molecule has 3 aromatic rings. The third kappa shape index (κ3) is 12.9. The quantitative estimate of drug-likeness (QED) is 0.276. The van der Waals surface area contributed by atoms with Crippen molar-refractivity contribution in [2.24, 2.45) is 0 Å². The lowest BCUT2D eigenvalue weighted by Crippen LogP contribution is -2.21. The molecule has 1 N–H and O–H groups in total. The monoisotopic (exact) mass is 713 g/mol. The molecule has 286 valence electrons. The van der Waals surface area contributed by atoms with Crippen molar-refractivity contribution in [3.8, 4) is 11.5 Å². The van der Waals surface area contributed by atoms with Crippen LogP contribution in [0.5, 0.6) is 11.5 Å². The second kappa shape index (κ2) is 18.1. The lowest BCUT2D eigenvalue weighted by atomic mass is 9.81. The molecule has 1 heterocycles. The maximum absolute atomic E-state index is 12.8. The summed E-state index contributed by atoms with van der Waals surface area (Å²) in [4.78, 5) is 1.96. The van der Waals surface area contributed by atoms with Gasteiger partial charge in [0.25, 0.3) is 0 Å². The molecule has 0 spiro atoms. The van der Waals surface area contributed by atoms with Crippen molar-refractivity contribution in [1.82, 2.24) is 10.2 Å². The smallest absolute Gasteiger partial charge is 0.416 e. The van der Waals surface area contributed by atoms with Crippen LogP contribution in [0.2, 0.25) is 0 Å². The van der Waals surface area contributed by atoms with E-state index in [0.717, 1.165) is 18.4 Å². The van der Waals surface area contributed by atoms with Crippen LogP contribution in [0.4, 0.5) is 13.2 Å². The number of rotatable bonds is 6. The fraction of sp³-hybridized carbons (Fsp3) is 0.591. The van der Waals surface area contributed by atoms with Crippen molar-refractivity contribution in [2.45, 2.75) is 130 Å². The van der Waals surface area contributed by atoms with Crippen molar-refractivity contribution in [3.63, 3.8) is 0 Å². The first-order chi connectivity index (χ1) is 23.1. The lowest BCUT2D eigenvalue weighted by molar-refractivity contribution is -0.137. The van der Waals surface area contributed by atoms with Crippen LogP contribution in [0.25, 0.3) is 0 Å². The average molecular weight is 713 g/mol. The first kappa shape index (κ1) is 44.1. The summed E-state index contributed by atoms with van der Waals surface area (Å²) in [5, 5.41) is 3.58. The van der Waals surface area contributed by atoms with Gasteiger partial charge in [0.1, 0.15) is 18.1 Å². The summed E-state index contributed by atoms with van der Waals surface area (Å²) >= 11 is 0. The first-order valence-corrected chi connectivity index (χ1v) is 18.1. The van der Waals surface area contributed by atoms with Gasteiger partial charge in [-0.3, -0.25) is 0 Å². The van der Waals surface area contributed by atoms with E-state index in [-0.39, 0.29) is 12.8 Å². The number of methoxy groups -OCH3 is 1. The third-order valence-electron chi connectivity index (χ3n) is 9.37. The van der Waals surface area contributed by atoms with Gasteiger partial charge in [0.2, 0.25) is 0 Å². The topological polar surface area (TPSA) is 33.7 Å². The van der Waals surface area contributed by atoms with E-state index in [0.29, 0.717) is 35.9 Å². The van der Waals surface area contributed by atoms with Crippen LogP contribution in [-0.2, 0) is 35.3 Å². The van der Waals surface area contributed by atoms with Gasteiger partial charge >= 0.3 is 6.18 Å².